The number of carbonyl (C=O) groups is 1. The van der Waals surface area contributed by atoms with Crippen molar-refractivity contribution in [2.24, 2.45) is 0 Å². The average molecular weight is 393 g/mol. The molecule has 2 N–H and O–H groups in total. The van der Waals surface area contributed by atoms with Crippen LogP contribution in [0.15, 0.2) is 57.7 Å². The Bertz CT molecular complexity index is 1050. The first-order valence-corrected chi connectivity index (χ1v) is 8.21. The highest BCUT2D eigenvalue weighted by Gasteiger charge is 2.15. The molecule has 0 bridgehead atoms. The number of amides is 1. The molecule has 1 heterocycles. The third-order valence-corrected chi connectivity index (χ3v) is 4.34. The van der Waals surface area contributed by atoms with Crippen molar-refractivity contribution in [1.29, 1.82) is 0 Å². The molecule has 3 aromatic rings. The van der Waals surface area contributed by atoms with E-state index in [-0.39, 0.29) is 15.7 Å². The Balaban J connectivity index is 1.80. The fourth-order valence-electron chi connectivity index (χ4n) is 2.14. The van der Waals surface area contributed by atoms with Crippen LogP contribution in [0.2, 0.25) is 10.0 Å². The number of para-hydroxylation sites is 1. The fraction of sp³-hybridized carbons (Fsp3) is 0. The highest BCUT2D eigenvalue weighted by Crippen LogP contribution is 2.29. The van der Waals surface area contributed by atoms with Crippen LogP contribution in [0.4, 0.5) is 5.69 Å². The topological polar surface area (TPSA) is 71.3 Å². The Hall–Kier alpha value is -2.41. The molecule has 126 valence electrons. The van der Waals surface area contributed by atoms with Crippen LogP contribution in [-0.2, 0) is 0 Å². The summed E-state index contributed by atoms with van der Waals surface area (Å²) in [6, 6.07) is 13.3. The van der Waals surface area contributed by atoms with Gasteiger partial charge < -0.3 is 9.73 Å². The van der Waals surface area contributed by atoms with Crippen molar-refractivity contribution >= 4 is 63.1 Å². The van der Waals surface area contributed by atoms with E-state index >= 15 is 0 Å². The van der Waals surface area contributed by atoms with Gasteiger partial charge in [0, 0.05) is 5.39 Å². The van der Waals surface area contributed by atoms with Crippen LogP contribution >= 0.6 is 35.4 Å². The van der Waals surface area contributed by atoms with Gasteiger partial charge >= 0.3 is 5.63 Å². The molecule has 0 radical (unpaired) electrons. The second-order valence-corrected chi connectivity index (χ2v) is 6.19. The summed E-state index contributed by atoms with van der Waals surface area (Å²) in [5.74, 6) is -0.685. The van der Waals surface area contributed by atoms with Gasteiger partial charge in [-0.2, -0.15) is 0 Å². The molecule has 0 spiro atoms. The van der Waals surface area contributed by atoms with Crippen molar-refractivity contribution in [2.45, 2.75) is 0 Å². The molecule has 0 fully saturated rings. The summed E-state index contributed by atoms with van der Waals surface area (Å²) in [6.07, 6.45) is 0. The molecular weight excluding hydrogens is 383 g/mol. The second kappa shape index (κ2) is 7.23. The van der Waals surface area contributed by atoms with E-state index in [1.807, 2.05) is 0 Å². The molecule has 1 aromatic heterocycles. The molecule has 0 saturated heterocycles. The average Bonchev–Trinajstić information content (AvgIpc) is 2.58. The summed E-state index contributed by atoms with van der Waals surface area (Å²) in [6.45, 7) is 0. The number of hydrogen-bond acceptors (Lipinski definition) is 4. The van der Waals surface area contributed by atoms with Gasteiger partial charge in [0.2, 0.25) is 0 Å². The minimum Gasteiger partial charge on any atom is -0.422 e. The van der Waals surface area contributed by atoms with Crippen LogP contribution in [0.25, 0.3) is 11.0 Å². The quantitative estimate of drug-likeness (QED) is 0.504. The summed E-state index contributed by atoms with van der Waals surface area (Å²) >= 11 is 17.0. The molecule has 1 amide bonds. The maximum absolute atomic E-state index is 12.3. The predicted molar refractivity (Wildman–Crippen MR) is 103 cm³/mol. The minimum atomic E-state index is -0.750. The van der Waals surface area contributed by atoms with Gasteiger partial charge in [-0.3, -0.25) is 10.1 Å². The Morgan fingerprint density at radius 2 is 1.84 bits per heavy atom. The molecule has 0 aliphatic carbocycles. The van der Waals surface area contributed by atoms with Crippen LogP contribution in [0.5, 0.6) is 0 Å². The first-order valence-electron chi connectivity index (χ1n) is 7.05. The first kappa shape index (κ1) is 17.4. The summed E-state index contributed by atoms with van der Waals surface area (Å²) in [4.78, 5) is 24.3. The van der Waals surface area contributed by atoms with Gasteiger partial charge in [0.1, 0.15) is 11.1 Å². The number of hydrogen-bond donors (Lipinski definition) is 2. The van der Waals surface area contributed by atoms with Gasteiger partial charge in [-0.15, -0.1) is 0 Å². The second-order valence-electron chi connectivity index (χ2n) is 4.99. The van der Waals surface area contributed by atoms with E-state index in [0.717, 1.165) is 0 Å². The summed E-state index contributed by atoms with van der Waals surface area (Å²) in [7, 11) is 0. The molecule has 0 aliphatic heterocycles. The van der Waals surface area contributed by atoms with Crippen molar-refractivity contribution < 1.29 is 9.21 Å². The number of fused-ring (bicyclic) bond motifs is 1. The van der Waals surface area contributed by atoms with Gasteiger partial charge in [-0.1, -0.05) is 47.5 Å². The smallest absolute Gasteiger partial charge is 0.349 e. The number of anilines is 1. The highest BCUT2D eigenvalue weighted by molar-refractivity contribution is 7.80. The van der Waals surface area contributed by atoms with Gasteiger partial charge in [0.15, 0.2) is 5.11 Å². The normalized spacial score (nSPS) is 10.5. The molecule has 0 unspecified atom stereocenters. The number of thiocarbonyl (C=S) groups is 1. The Morgan fingerprint density at radius 3 is 2.64 bits per heavy atom. The zero-order valence-electron chi connectivity index (χ0n) is 12.5. The van der Waals surface area contributed by atoms with Crippen LogP contribution in [0.1, 0.15) is 10.4 Å². The SMILES string of the molecule is O=C(NC(=S)Nc1cccc(Cl)c1Cl)c1cc2ccccc2oc1=O. The van der Waals surface area contributed by atoms with Crippen molar-refractivity contribution in [3.8, 4) is 0 Å². The number of carbonyl (C=O) groups excluding carboxylic acids is 1. The predicted octanol–water partition coefficient (Wildman–Crippen LogP) is 4.23. The lowest BCUT2D eigenvalue weighted by molar-refractivity contribution is 0.0974. The largest absolute Gasteiger partial charge is 0.422 e. The summed E-state index contributed by atoms with van der Waals surface area (Å²) < 4.78 is 5.13. The number of rotatable bonds is 2. The summed E-state index contributed by atoms with van der Waals surface area (Å²) in [5, 5.41) is 6.39. The van der Waals surface area contributed by atoms with Crippen LogP contribution in [0, 0.1) is 0 Å². The molecule has 2 aromatic carbocycles. The standard InChI is InChI=1S/C17H10Cl2N2O3S/c18-11-5-3-6-12(14(11)19)20-17(25)21-15(22)10-8-9-4-1-2-7-13(9)24-16(10)23/h1-8H,(H2,20,21,22,25). The van der Waals surface area contributed by atoms with E-state index < -0.39 is 11.5 Å². The van der Waals surface area contributed by atoms with Crippen LogP contribution < -0.4 is 16.3 Å². The monoisotopic (exact) mass is 392 g/mol. The van der Waals surface area contributed by atoms with Gasteiger partial charge in [-0.25, -0.2) is 4.79 Å². The van der Waals surface area contributed by atoms with Crippen molar-refractivity contribution in [3.05, 3.63) is 74.6 Å². The third kappa shape index (κ3) is 3.82. The van der Waals surface area contributed by atoms with Gasteiger partial charge in [0.25, 0.3) is 5.91 Å². The molecule has 0 aliphatic rings. The Kier molecular flexibility index (Phi) is 5.03. The fourth-order valence-corrected chi connectivity index (χ4v) is 2.70. The van der Waals surface area contributed by atoms with Gasteiger partial charge in [0.05, 0.1) is 15.7 Å². The van der Waals surface area contributed by atoms with Gasteiger partial charge in [-0.05, 0) is 36.5 Å². The lowest BCUT2D eigenvalue weighted by Crippen LogP contribution is -2.36. The van der Waals surface area contributed by atoms with E-state index in [1.165, 1.54) is 6.07 Å². The van der Waals surface area contributed by atoms with Crippen LogP contribution in [-0.4, -0.2) is 11.0 Å². The molecular formula is C17H10Cl2N2O3S. The maximum Gasteiger partial charge on any atom is 0.349 e. The maximum atomic E-state index is 12.3. The number of nitrogens with one attached hydrogen (secondary N) is 2. The molecule has 3 rings (SSSR count). The van der Waals surface area contributed by atoms with Crippen molar-refractivity contribution in [2.75, 3.05) is 5.32 Å². The lowest BCUT2D eigenvalue weighted by Gasteiger charge is -2.11. The molecule has 25 heavy (non-hydrogen) atoms. The van der Waals surface area contributed by atoms with Crippen LogP contribution in [0.3, 0.4) is 0 Å². The van der Waals surface area contributed by atoms with Crippen molar-refractivity contribution in [1.82, 2.24) is 5.32 Å². The van der Waals surface area contributed by atoms with E-state index in [4.69, 9.17) is 39.8 Å². The van der Waals surface area contributed by atoms with Crippen molar-refractivity contribution in [3.63, 3.8) is 0 Å². The minimum absolute atomic E-state index is 0.0262. The van der Waals surface area contributed by atoms with E-state index in [1.54, 1.807) is 42.5 Å². The third-order valence-electron chi connectivity index (χ3n) is 3.31. The zero-order valence-corrected chi connectivity index (χ0v) is 14.8. The van der Waals surface area contributed by atoms with E-state index in [2.05, 4.69) is 10.6 Å². The Labute approximate surface area is 157 Å². The number of benzene rings is 2. The molecule has 8 heteroatoms. The first-order chi connectivity index (χ1) is 12.0. The zero-order chi connectivity index (χ0) is 18.0. The number of halogens is 2. The molecule has 0 saturated carbocycles. The van der Waals surface area contributed by atoms with E-state index in [9.17, 15) is 9.59 Å². The summed E-state index contributed by atoms with van der Waals surface area (Å²) in [5.41, 5.74) is -0.0692. The Morgan fingerprint density at radius 1 is 1.08 bits per heavy atom. The molecule has 0 atom stereocenters. The van der Waals surface area contributed by atoms with E-state index in [0.29, 0.717) is 21.7 Å². The lowest BCUT2D eigenvalue weighted by atomic mass is 10.2. The molecule has 5 nitrogen and oxygen atoms in total. The highest BCUT2D eigenvalue weighted by atomic mass is 35.5.